The first kappa shape index (κ1) is 15.6. The molecule has 4 heteroatoms. The monoisotopic (exact) mass is 295 g/mol. The van der Waals surface area contributed by atoms with Crippen molar-refractivity contribution < 1.29 is 4.39 Å². The van der Waals surface area contributed by atoms with Crippen molar-refractivity contribution in [1.82, 2.24) is 0 Å². The smallest absolute Gasteiger partial charge is 0.123 e. The number of benzene rings is 2. The summed E-state index contributed by atoms with van der Waals surface area (Å²) in [6, 6.07) is 9.59. The number of nitrogens with two attached hydrogens (primary N) is 1. The second kappa shape index (κ2) is 6.77. The van der Waals surface area contributed by atoms with E-state index in [2.05, 4.69) is 17.2 Å². The van der Waals surface area contributed by atoms with Crippen molar-refractivity contribution >= 4 is 23.3 Å². The van der Waals surface area contributed by atoms with Crippen LogP contribution in [0.2, 0.25) is 0 Å². The first-order valence-corrected chi connectivity index (χ1v) is 6.97. The van der Waals surface area contributed by atoms with Gasteiger partial charge < -0.3 is 16.5 Å². The Morgan fingerprint density at radius 2 is 1.91 bits per heavy atom. The van der Waals surface area contributed by atoms with E-state index in [-0.39, 0.29) is 11.7 Å². The van der Waals surface area contributed by atoms with E-state index in [9.17, 15) is 4.39 Å². The first-order chi connectivity index (χ1) is 10.5. The fourth-order valence-corrected chi connectivity index (χ4v) is 1.88. The van der Waals surface area contributed by atoms with Crippen LogP contribution in [0.1, 0.15) is 25.0 Å². The Kier molecular flexibility index (Phi) is 4.80. The zero-order valence-corrected chi connectivity index (χ0v) is 12.6. The number of nitrogen functional groups attached to an aromatic ring is 1. The minimum absolute atomic E-state index is 0.238. The quantitative estimate of drug-likeness (QED) is 0.452. The van der Waals surface area contributed by atoms with Crippen LogP contribution in [0.5, 0.6) is 0 Å². The molecule has 0 fully saturated rings. The highest BCUT2D eigenvalue weighted by Crippen LogP contribution is 2.25. The lowest BCUT2D eigenvalue weighted by molar-refractivity contribution is 0.628. The molecule has 4 N–H and O–H groups in total. The summed E-state index contributed by atoms with van der Waals surface area (Å²) >= 11 is 0. The number of hydrogen-bond donors (Lipinski definition) is 3. The molecule has 0 heterocycles. The largest absolute Gasteiger partial charge is 0.398 e. The molecular formula is C18H18FN3. The molecule has 2 rings (SSSR count). The van der Waals surface area contributed by atoms with Crippen molar-refractivity contribution in [2.75, 3.05) is 11.1 Å². The topological polar surface area (TPSA) is 61.9 Å². The second-order valence-electron chi connectivity index (χ2n) is 5.23. The van der Waals surface area contributed by atoms with Gasteiger partial charge >= 0.3 is 0 Å². The summed E-state index contributed by atoms with van der Waals surface area (Å²) in [6.45, 7) is 4.02. The van der Waals surface area contributed by atoms with E-state index in [0.29, 0.717) is 11.3 Å². The van der Waals surface area contributed by atoms with Crippen LogP contribution >= 0.6 is 0 Å². The molecule has 22 heavy (non-hydrogen) atoms. The van der Waals surface area contributed by atoms with Crippen LogP contribution in [0.4, 0.5) is 21.5 Å². The molecule has 0 spiro atoms. The number of nitrogens with one attached hydrogen (secondary N) is 2. The molecule has 0 bridgehead atoms. The van der Waals surface area contributed by atoms with Crippen LogP contribution in [0.25, 0.3) is 0 Å². The fraction of sp³-hybridized carbons (Fsp3) is 0.167. The first-order valence-electron chi connectivity index (χ1n) is 6.97. The Balaban J connectivity index is 2.45. The third-order valence-electron chi connectivity index (χ3n) is 3.00. The lowest BCUT2D eigenvalue weighted by Crippen LogP contribution is -2.00. The van der Waals surface area contributed by atoms with Gasteiger partial charge in [0, 0.05) is 29.1 Å². The van der Waals surface area contributed by atoms with Crippen molar-refractivity contribution in [3.05, 3.63) is 53.3 Å². The van der Waals surface area contributed by atoms with Gasteiger partial charge in [-0.1, -0.05) is 25.7 Å². The third-order valence-corrected chi connectivity index (χ3v) is 3.00. The molecule has 0 unspecified atom stereocenters. The minimum Gasteiger partial charge on any atom is -0.398 e. The lowest BCUT2D eigenvalue weighted by Gasteiger charge is -2.12. The molecule has 0 saturated carbocycles. The average molecular weight is 295 g/mol. The normalized spacial score (nSPS) is 10.0. The van der Waals surface area contributed by atoms with E-state index in [1.54, 1.807) is 24.3 Å². The fourth-order valence-electron chi connectivity index (χ4n) is 1.88. The highest BCUT2D eigenvalue weighted by atomic mass is 19.1. The molecule has 0 aromatic heterocycles. The van der Waals surface area contributed by atoms with Crippen molar-refractivity contribution in [2.24, 2.45) is 5.92 Å². The number of hydrogen-bond acceptors (Lipinski definition) is 3. The summed E-state index contributed by atoms with van der Waals surface area (Å²) in [6.07, 6.45) is 1.20. The predicted octanol–water partition coefficient (Wildman–Crippen LogP) is 4.16. The molecule has 0 atom stereocenters. The van der Waals surface area contributed by atoms with Crippen LogP contribution < -0.4 is 11.1 Å². The lowest BCUT2D eigenvalue weighted by atomic mass is 10.1. The van der Waals surface area contributed by atoms with Gasteiger partial charge in [0.2, 0.25) is 0 Å². The van der Waals surface area contributed by atoms with E-state index < -0.39 is 0 Å². The standard InChI is InChI=1S/C18H18FN3/c1-12(2)3-4-13-9-17(21)14(11-20)10-18(13)22-16-7-5-15(19)6-8-16/h5-12,20,22H,21H2,1-2H3. The molecule has 112 valence electrons. The predicted molar refractivity (Wildman–Crippen MR) is 90.1 cm³/mol. The Hall–Kier alpha value is -2.80. The minimum atomic E-state index is -0.289. The second-order valence-corrected chi connectivity index (χ2v) is 5.23. The van der Waals surface area contributed by atoms with Gasteiger partial charge in [0.05, 0.1) is 11.3 Å². The molecule has 0 radical (unpaired) electrons. The third kappa shape index (κ3) is 3.86. The van der Waals surface area contributed by atoms with Gasteiger partial charge in [0.15, 0.2) is 0 Å². The molecule has 0 aliphatic carbocycles. The number of anilines is 3. The van der Waals surface area contributed by atoms with Gasteiger partial charge in [-0.05, 0) is 36.4 Å². The van der Waals surface area contributed by atoms with Crippen LogP contribution in [0.3, 0.4) is 0 Å². The SMILES string of the molecule is CC(C)C#Cc1cc(N)c(C=N)cc1Nc1ccc(F)cc1. The van der Waals surface area contributed by atoms with Gasteiger partial charge in [-0.15, -0.1) is 0 Å². The van der Waals surface area contributed by atoms with Crippen LogP contribution in [-0.4, -0.2) is 6.21 Å². The van der Waals surface area contributed by atoms with E-state index in [0.717, 1.165) is 16.9 Å². The maximum absolute atomic E-state index is 13.0. The summed E-state index contributed by atoms with van der Waals surface area (Å²) in [5.41, 5.74) is 9.28. The number of halogens is 1. The summed E-state index contributed by atoms with van der Waals surface area (Å²) in [5, 5.41) is 10.6. The molecular weight excluding hydrogens is 277 g/mol. The van der Waals surface area contributed by atoms with Gasteiger partial charge in [0.1, 0.15) is 5.82 Å². The van der Waals surface area contributed by atoms with E-state index in [1.807, 2.05) is 13.8 Å². The molecule has 0 aliphatic heterocycles. The highest BCUT2D eigenvalue weighted by molar-refractivity contribution is 5.89. The molecule has 0 saturated heterocycles. The molecule has 2 aromatic rings. The number of rotatable bonds is 3. The maximum atomic E-state index is 13.0. The van der Waals surface area contributed by atoms with Crippen LogP contribution in [0.15, 0.2) is 36.4 Å². The van der Waals surface area contributed by atoms with Crippen molar-refractivity contribution in [3.8, 4) is 11.8 Å². The van der Waals surface area contributed by atoms with Gasteiger partial charge in [-0.25, -0.2) is 4.39 Å². The molecule has 0 aliphatic rings. The van der Waals surface area contributed by atoms with Crippen LogP contribution in [-0.2, 0) is 0 Å². The summed E-state index contributed by atoms with van der Waals surface area (Å²) in [4.78, 5) is 0. The summed E-state index contributed by atoms with van der Waals surface area (Å²) in [7, 11) is 0. The van der Waals surface area contributed by atoms with E-state index in [4.69, 9.17) is 11.1 Å². The highest BCUT2D eigenvalue weighted by Gasteiger charge is 2.06. The Morgan fingerprint density at radius 1 is 1.23 bits per heavy atom. The molecule has 3 nitrogen and oxygen atoms in total. The summed E-state index contributed by atoms with van der Waals surface area (Å²) < 4.78 is 13.0. The average Bonchev–Trinajstić information content (AvgIpc) is 2.49. The van der Waals surface area contributed by atoms with E-state index >= 15 is 0 Å². The van der Waals surface area contributed by atoms with Gasteiger partial charge in [-0.3, -0.25) is 0 Å². The zero-order chi connectivity index (χ0) is 16.1. The Bertz CT molecular complexity index is 737. The summed E-state index contributed by atoms with van der Waals surface area (Å²) in [5.74, 6) is 6.14. The van der Waals surface area contributed by atoms with Crippen molar-refractivity contribution in [1.29, 1.82) is 5.41 Å². The zero-order valence-electron chi connectivity index (χ0n) is 12.6. The van der Waals surface area contributed by atoms with Crippen molar-refractivity contribution in [2.45, 2.75) is 13.8 Å². The molecule has 0 amide bonds. The van der Waals surface area contributed by atoms with Crippen molar-refractivity contribution in [3.63, 3.8) is 0 Å². The Morgan fingerprint density at radius 3 is 2.50 bits per heavy atom. The van der Waals surface area contributed by atoms with E-state index in [1.165, 1.54) is 18.3 Å². The van der Waals surface area contributed by atoms with Gasteiger partial charge in [0.25, 0.3) is 0 Å². The Labute approximate surface area is 129 Å². The maximum Gasteiger partial charge on any atom is 0.123 e. The van der Waals surface area contributed by atoms with Crippen LogP contribution in [0, 0.1) is 29.0 Å². The molecule has 2 aromatic carbocycles. The van der Waals surface area contributed by atoms with Gasteiger partial charge in [-0.2, -0.15) is 0 Å².